The van der Waals surface area contributed by atoms with E-state index in [-0.39, 0.29) is 0 Å². The molecule has 0 aliphatic carbocycles. The number of hydrogen-bond donors (Lipinski definition) is 1. The Kier molecular flexibility index (Phi) is 3.15. The first-order chi connectivity index (χ1) is 8.83. The van der Waals surface area contributed by atoms with Crippen molar-refractivity contribution < 1.29 is 0 Å². The predicted octanol–water partition coefficient (Wildman–Crippen LogP) is 2.44. The molecule has 1 aromatic carbocycles. The lowest BCUT2D eigenvalue weighted by Crippen LogP contribution is -2.12. The number of aromatic nitrogens is 2. The summed E-state index contributed by atoms with van der Waals surface area (Å²) in [6.45, 7) is 1.15. The first-order valence-corrected chi connectivity index (χ1v) is 6.61. The van der Waals surface area contributed by atoms with Crippen molar-refractivity contribution in [1.82, 2.24) is 14.9 Å². The molecule has 2 aromatic rings. The molecule has 1 unspecified atom stereocenters. The van der Waals surface area contributed by atoms with E-state index in [9.17, 15) is 0 Å². The first-order valence-electron chi connectivity index (χ1n) is 6.61. The summed E-state index contributed by atoms with van der Waals surface area (Å²) in [5.74, 6) is 1.11. The molecule has 0 radical (unpaired) electrons. The van der Waals surface area contributed by atoms with Gasteiger partial charge in [-0.05, 0) is 30.5 Å². The summed E-state index contributed by atoms with van der Waals surface area (Å²) < 4.78 is 2.08. The van der Waals surface area contributed by atoms with Crippen LogP contribution in [0.15, 0.2) is 36.7 Å². The number of aryl methyl sites for hydroxylation is 1. The Bertz CT molecular complexity index is 507. The first kappa shape index (κ1) is 11.5. The summed E-state index contributed by atoms with van der Waals surface area (Å²) in [5.41, 5.74) is 2.74. The van der Waals surface area contributed by atoms with Gasteiger partial charge in [-0.15, -0.1) is 0 Å². The Balaban J connectivity index is 1.73. The molecule has 3 rings (SSSR count). The van der Waals surface area contributed by atoms with Crippen LogP contribution in [0.3, 0.4) is 0 Å². The zero-order valence-electron chi connectivity index (χ0n) is 10.8. The number of hydrogen-bond acceptors (Lipinski definition) is 2. The molecular formula is C15H19N3. The zero-order chi connectivity index (χ0) is 12.4. The minimum absolute atomic E-state index is 0.562. The van der Waals surface area contributed by atoms with Gasteiger partial charge in [-0.25, -0.2) is 4.98 Å². The van der Waals surface area contributed by atoms with Crippen molar-refractivity contribution >= 4 is 0 Å². The number of nitrogens with one attached hydrogen (secondary N) is 1. The van der Waals surface area contributed by atoms with Crippen molar-refractivity contribution in [3.63, 3.8) is 0 Å². The smallest absolute Gasteiger partial charge is 0.112 e. The average molecular weight is 241 g/mol. The quantitative estimate of drug-likeness (QED) is 0.894. The molecule has 3 nitrogen and oxygen atoms in total. The van der Waals surface area contributed by atoms with Crippen molar-refractivity contribution in [3.05, 3.63) is 53.6 Å². The summed E-state index contributed by atoms with van der Waals surface area (Å²) in [7, 11) is 2.04. The highest BCUT2D eigenvalue weighted by Crippen LogP contribution is 2.23. The molecule has 1 aromatic heterocycles. The van der Waals surface area contributed by atoms with Crippen LogP contribution in [-0.4, -0.2) is 16.1 Å². The molecule has 1 saturated heterocycles. The van der Waals surface area contributed by atoms with E-state index in [1.54, 1.807) is 0 Å². The minimum atomic E-state index is 0.562. The molecule has 0 spiro atoms. The molecule has 0 bridgehead atoms. The van der Waals surface area contributed by atoms with Gasteiger partial charge < -0.3 is 9.88 Å². The summed E-state index contributed by atoms with van der Waals surface area (Å²) in [6.07, 6.45) is 7.30. The molecule has 18 heavy (non-hydrogen) atoms. The fraction of sp³-hybridized carbons (Fsp3) is 0.400. The van der Waals surface area contributed by atoms with Crippen LogP contribution < -0.4 is 5.32 Å². The third kappa shape index (κ3) is 2.31. The lowest BCUT2D eigenvalue weighted by atomic mass is 10.0. The van der Waals surface area contributed by atoms with Gasteiger partial charge in [-0.1, -0.05) is 24.3 Å². The van der Waals surface area contributed by atoms with Crippen molar-refractivity contribution in [2.45, 2.75) is 25.3 Å². The molecule has 3 heteroatoms. The maximum absolute atomic E-state index is 4.36. The standard InChI is InChI=1S/C15H19N3/c1-18-10-9-17-15(18)11-12-4-6-13(7-5-12)14-3-2-8-16-14/h4-7,9-10,14,16H,2-3,8,11H2,1H3. The molecule has 1 aliphatic rings. The summed E-state index contributed by atoms with van der Waals surface area (Å²) in [5, 5.41) is 3.53. The van der Waals surface area contributed by atoms with Crippen molar-refractivity contribution in [3.8, 4) is 0 Å². The fourth-order valence-corrected chi connectivity index (χ4v) is 2.59. The third-order valence-corrected chi connectivity index (χ3v) is 3.73. The van der Waals surface area contributed by atoms with E-state index in [0.29, 0.717) is 6.04 Å². The highest BCUT2D eigenvalue weighted by Gasteiger charge is 2.15. The van der Waals surface area contributed by atoms with Crippen LogP contribution in [-0.2, 0) is 13.5 Å². The van der Waals surface area contributed by atoms with Crippen LogP contribution in [0.25, 0.3) is 0 Å². The van der Waals surface area contributed by atoms with E-state index in [1.165, 1.54) is 24.0 Å². The minimum Gasteiger partial charge on any atom is -0.338 e. The van der Waals surface area contributed by atoms with Gasteiger partial charge in [0, 0.05) is 31.9 Å². The van der Waals surface area contributed by atoms with Crippen molar-refractivity contribution in [1.29, 1.82) is 0 Å². The van der Waals surface area contributed by atoms with E-state index in [1.807, 2.05) is 19.4 Å². The maximum atomic E-state index is 4.36. The normalized spacial score (nSPS) is 19.3. The van der Waals surface area contributed by atoms with Crippen LogP contribution in [0.2, 0.25) is 0 Å². The molecular weight excluding hydrogens is 222 g/mol. The second-order valence-corrected chi connectivity index (χ2v) is 5.02. The lowest BCUT2D eigenvalue weighted by Gasteiger charge is -2.11. The van der Waals surface area contributed by atoms with Crippen LogP contribution in [0, 0.1) is 0 Å². The van der Waals surface area contributed by atoms with Gasteiger partial charge in [-0.2, -0.15) is 0 Å². The molecule has 1 N–H and O–H groups in total. The molecule has 2 heterocycles. The van der Waals surface area contributed by atoms with Gasteiger partial charge >= 0.3 is 0 Å². The predicted molar refractivity (Wildman–Crippen MR) is 72.4 cm³/mol. The monoisotopic (exact) mass is 241 g/mol. The van der Waals surface area contributed by atoms with Crippen molar-refractivity contribution in [2.75, 3.05) is 6.54 Å². The average Bonchev–Trinajstić information content (AvgIpc) is 3.03. The molecule has 1 fully saturated rings. The van der Waals surface area contributed by atoms with E-state index in [4.69, 9.17) is 0 Å². The summed E-state index contributed by atoms with van der Waals surface area (Å²) in [4.78, 5) is 4.36. The second kappa shape index (κ2) is 4.94. The Morgan fingerprint density at radius 2 is 2.17 bits per heavy atom. The highest BCUT2D eigenvalue weighted by atomic mass is 15.0. The van der Waals surface area contributed by atoms with Crippen LogP contribution in [0.5, 0.6) is 0 Å². The lowest BCUT2D eigenvalue weighted by molar-refractivity contribution is 0.647. The van der Waals surface area contributed by atoms with Crippen molar-refractivity contribution in [2.24, 2.45) is 7.05 Å². The Hall–Kier alpha value is -1.61. The highest BCUT2D eigenvalue weighted by molar-refractivity contribution is 5.27. The van der Waals surface area contributed by atoms with E-state index in [0.717, 1.165) is 18.8 Å². The largest absolute Gasteiger partial charge is 0.338 e. The molecule has 0 amide bonds. The van der Waals surface area contributed by atoms with Gasteiger partial charge in [0.25, 0.3) is 0 Å². The summed E-state index contributed by atoms with van der Waals surface area (Å²) >= 11 is 0. The Morgan fingerprint density at radius 3 is 2.78 bits per heavy atom. The topological polar surface area (TPSA) is 29.9 Å². The van der Waals surface area contributed by atoms with Crippen LogP contribution >= 0.6 is 0 Å². The van der Waals surface area contributed by atoms with Crippen LogP contribution in [0.1, 0.15) is 35.8 Å². The molecule has 1 atom stereocenters. The maximum Gasteiger partial charge on any atom is 0.112 e. The molecule has 1 aliphatic heterocycles. The van der Waals surface area contributed by atoms with E-state index in [2.05, 4.69) is 39.1 Å². The Labute approximate surface area is 108 Å². The summed E-state index contributed by atoms with van der Waals surface area (Å²) in [6, 6.07) is 9.52. The van der Waals surface area contributed by atoms with Gasteiger partial charge in [0.15, 0.2) is 0 Å². The second-order valence-electron chi connectivity index (χ2n) is 5.02. The fourth-order valence-electron chi connectivity index (χ4n) is 2.59. The van der Waals surface area contributed by atoms with Gasteiger partial charge in [0.2, 0.25) is 0 Å². The van der Waals surface area contributed by atoms with Gasteiger partial charge in [0.1, 0.15) is 5.82 Å². The Morgan fingerprint density at radius 1 is 1.33 bits per heavy atom. The van der Waals surface area contributed by atoms with Gasteiger partial charge in [0.05, 0.1) is 0 Å². The number of benzene rings is 1. The molecule has 0 saturated carbocycles. The van der Waals surface area contributed by atoms with E-state index < -0.39 is 0 Å². The van der Waals surface area contributed by atoms with Crippen LogP contribution in [0.4, 0.5) is 0 Å². The van der Waals surface area contributed by atoms with E-state index >= 15 is 0 Å². The number of nitrogens with zero attached hydrogens (tertiary/aromatic N) is 2. The number of imidazole rings is 1. The molecule has 94 valence electrons. The zero-order valence-corrected chi connectivity index (χ0v) is 10.8. The SMILES string of the molecule is Cn1ccnc1Cc1ccc(C2CCCN2)cc1. The van der Waals surface area contributed by atoms with Gasteiger partial charge in [-0.3, -0.25) is 0 Å². The third-order valence-electron chi connectivity index (χ3n) is 3.73. The number of rotatable bonds is 3.